The Morgan fingerprint density at radius 2 is 2.12 bits per heavy atom. The summed E-state index contributed by atoms with van der Waals surface area (Å²) in [6.07, 6.45) is -0.228. The summed E-state index contributed by atoms with van der Waals surface area (Å²) in [7, 11) is 0. The fraction of sp³-hybridized carbons (Fsp3) is 1.00. The minimum Gasteiger partial charge on any atom is -0.389 e. The Balaban J connectivity index is 1.83. The summed E-state index contributed by atoms with van der Waals surface area (Å²) < 4.78 is 15.6. The van der Waals surface area contributed by atoms with Gasteiger partial charge in [-0.15, -0.1) is 0 Å². The van der Waals surface area contributed by atoms with E-state index in [1.54, 1.807) is 0 Å². The molecule has 1 aliphatic heterocycles. The highest BCUT2D eigenvalue weighted by Crippen LogP contribution is 1.99. The van der Waals surface area contributed by atoms with Gasteiger partial charge in [0.2, 0.25) is 0 Å². The smallest absolute Gasteiger partial charge is 0.0897 e. The van der Waals surface area contributed by atoms with Gasteiger partial charge in [-0.25, -0.2) is 0 Å². The third-order valence-corrected chi connectivity index (χ3v) is 2.27. The molecule has 0 bridgehead atoms. The quantitative estimate of drug-likeness (QED) is 0.539. The summed E-state index contributed by atoms with van der Waals surface area (Å²) in [6, 6.07) is 0.402. The minimum atomic E-state index is -0.459. The van der Waals surface area contributed by atoms with Crippen LogP contribution in [-0.4, -0.2) is 62.9 Å². The Kier molecular flexibility index (Phi) is 6.91. The molecule has 96 valence electrons. The average molecular weight is 233 g/mol. The van der Waals surface area contributed by atoms with Crippen LogP contribution in [0.4, 0.5) is 0 Å². The van der Waals surface area contributed by atoms with Crippen LogP contribution in [0.25, 0.3) is 0 Å². The molecule has 0 aromatic carbocycles. The van der Waals surface area contributed by atoms with E-state index in [0.29, 0.717) is 32.4 Å². The Hall–Kier alpha value is -0.200. The van der Waals surface area contributed by atoms with Gasteiger partial charge in [-0.2, -0.15) is 0 Å². The van der Waals surface area contributed by atoms with E-state index in [1.165, 1.54) is 0 Å². The average Bonchev–Trinajstić information content (AvgIpc) is 2.14. The van der Waals surface area contributed by atoms with Crippen molar-refractivity contribution in [3.8, 4) is 0 Å². The molecule has 0 aromatic rings. The zero-order chi connectivity index (χ0) is 11.8. The van der Waals surface area contributed by atoms with Crippen molar-refractivity contribution < 1.29 is 19.3 Å². The minimum absolute atomic E-state index is 0.230. The van der Waals surface area contributed by atoms with Gasteiger partial charge in [-0.3, -0.25) is 0 Å². The monoisotopic (exact) mass is 233 g/mol. The van der Waals surface area contributed by atoms with Crippen LogP contribution in [0.1, 0.15) is 13.8 Å². The van der Waals surface area contributed by atoms with Gasteiger partial charge < -0.3 is 24.6 Å². The van der Waals surface area contributed by atoms with E-state index in [2.05, 4.69) is 5.32 Å². The van der Waals surface area contributed by atoms with E-state index in [4.69, 9.17) is 14.2 Å². The van der Waals surface area contributed by atoms with Crippen molar-refractivity contribution in [1.29, 1.82) is 0 Å². The first kappa shape index (κ1) is 13.9. The fourth-order valence-electron chi connectivity index (χ4n) is 1.28. The number of nitrogens with one attached hydrogen (secondary N) is 1. The number of hydrogen-bond acceptors (Lipinski definition) is 5. The largest absolute Gasteiger partial charge is 0.389 e. The van der Waals surface area contributed by atoms with E-state index in [-0.39, 0.29) is 6.10 Å². The molecule has 0 spiro atoms. The maximum absolute atomic E-state index is 9.56. The van der Waals surface area contributed by atoms with Crippen molar-refractivity contribution in [2.75, 3.05) is 39.6 Å². The summed E-state index contributed by atoms with van der Waals surface area (Å²) in [4.78, 5) is 0. The van der Waals surface area contributed by atoms with Crippen molar-refractivity contribution in [3.05, 3.63) is 0 Å². The molecule has 1 unspecified atom stereocenters. The maximum Gasteiger partial charge on any atom is 0.0897 e. The maximum atomic E-state index is 9.56. The lowest BCUT2D eigenvalue weighted by atomic mass is 10.2. The van der Waals surface area contributed by atoms with Crippen LogP contribution < -0.4 is 5.32 Å². The van der Waals surface area contributed by atoms with E-state index < -0.39 is 6.10 Å². The summed E-state index contributed by atoms with van der Waals surface area (Å²) in [5, 5.41) is 12.7. The van der Waals surface area contributed by atoms with Crippen LogP contribution >= 0.6 is 0 Å². The van der Waals surface area contributed by atoms with E-state index in [1.807, 2.05) is 13.8 Å². The normalized spacial score (nSPS) is 18.8. The van der Waals surface area contributed by atoms with Gasteiger partial charge in [-0.1, -0.05) is 0 Å². The van der Waals surface area contributed by atoms with Crippen LogP contribution in [0.15, 0.2) is 0 Å². The van der Waals surface area contributed by atoms with Crippen molar-refractivity contribution in [1.82, 2.24) is 5.32 Å². The molecule has 0 radical (unpaired) electrons. The molecule has 16 heavy (non-hydrogen) atoms. The molecular formula is C11H23NO4. The van der Waals surface area contributed by atoms with Crippen molar-refractivity contribution in [3.63, 3.8) is 0 Å². The standard InChI is InChI=1S/C11H23NO4/c1-9(2)16-4-3-14-8-11(13)5-12-10-6-15-7-10/h9-13H,3-8H2,1-2H3. The van der Waals surface area contributed by atoms with Crippen LogP contribution in [0, 0.1) is 0 Å². The Bertz CT molecular complexity index is 173. The van der Waals surface area contributed by atoms with Gasteiger partial charge in [0, 0.05) is 6.54 Å². The number of aliphatic hydroxyl groups excluding tert-OH is 1. The zero-order valence-electron chi connectivity index (χ0n) is 10.1. The highest BCUT2D eigenvalue weighted by atomic mass is 16.5. The van der Waals surface area contributed by atoms with Crippen LogP contribution in [0.2, 0.25) is 0 Å². The second kappa shape index (κ2) is 7.97. The van der Waals surface area contributed by atoms with E-state index in [9.17, 15) is 5.11 Å². The molecule has 1 rings (SSSR count). The lowest BCUT2D eigenvalue weighted by Crippen LogP contribution is -2.49. The first-order valence-corrected chi connectivity index (χ1v) is 5.87. The molecule has 1 saturated heterocycles. The summed E-state index contributed by atoms with van der Waals surface area (Å²) >= 11 is 0. The third kappa shape index (κ3) is 6.40. The lowest BCUT2D eigenvalue weighted by Gasteiger charge is -2.27. The molecule has 0 saturated carbocycles. The molecule has 1 atom stereocenters. The number of hydrogen-bond donors (Lipinski definition) is 2. The molecule has 0 aliphatic carbocycles. The Morgan fingerprint density at radius 1 is 1.38 bits per heavy atom. The predicted molar refractivity (Wildman–Crippen MR) is 60.5 cm³/mol. The highest BCUT2D eigenvalue weighted by molar-refractivity contribution is 4.74. The van der Waals surface area contributed by atoms with Crippen LogP contribution in [0.3, 0.4) is 0 Å². The van der Waals surface area contributed by atoms with Gasteiger partial charge in [0.15, 0.2) is 0 Å². The number of rotatable bonds is 9. The first-order valence-electron chi connectivity index (χ1n) is 5.87. The molecule has 1 aliphatic rings. The molecule has 5 heteroatoms. The predicted octanol–water partition coefficient (Wildman–Crippen LogP) is -0.223. The molecule has 1 heterocycles. The topological polar surface area (TPSA) is 60.0 Å². The molecule has 0 aromatic heterocycles. The van der Waals surface area contributed by atoms with E-state index in [0.717, 1.165) is 13.2 Å². The van der Waals surface area contributed by atoms with Gasteiger partial charge in [0.1, 0.15) is 0 Å². The summed E-state index contributed by atoms with van der Waals surface area (Å²) in [5.74, 6) is 0. The van der Waals surface area contributed by atoms with Gasteiger partial charge >= 0.3 is 0 Å². The first-order chi connectivity index (χ1) is 7.68. The van der Waals surface area contributed by atoms with Crippen LogP contribution in [-0.2, 0) is 14.2 Å². The second-order valence-corrected chi connectivity index (χ2v) is 4.29. The van der Waals surface area contributed by atoms with Gasteiger partial charge in [0.05, 0.1) is 51.3 Å². The molecule has 5 nitrogen and oxygen atoms in total. The number of aliphatic hydroxyl groups is 1. The third-order valence-electron chi connectivity index (χ3n) is 2.27. The SMILES string of the molecule is CC(C)OCCOCC(O)CNC1COC1. The fourth-order valence-corrected chi connectivity index (χ4v) is 1.28. The molecule has 2 N–H and O–H groups in total. The van der Waals surface area contributed by atoms with Gasteiger partial charge in [-0.05, 0) is 13.8 Å². The van der Waals surface area contributed by atoms with Crippen molar-refractivity contribution >= 4 is 0 Å². The van der Waals surface area contributed by atoms with Crippen molar-refractivity contribution in [2.24, 2.45) is 0 Å². The summed E-state index contributed by atoms with van der Waals surface area (Å²) in [5.41, 5.74) is 0. The van der Waals surface area contributed by atoms with E-state index >= 15 is 0 Å². The van der Waals surface area contributed by atoms with Crippen LogP contribution in [0.5, 0.6) is 0 Å². The lowest BCUT2D eigenvalue weighted by molar-refractivity contribution is -0.0262. The van der Waals surface area contributed by atoms with Crippen molar-refractivity contribution in [2.45, 2.75) is 32.1 Å². The highest BCUT2D eigenvalue weighted by Gasteiger charge is 2.18. The number of ether oxygens (including phenoxy) is 3. The Labute approximate surface area is 97.1 Å². The summed E-state index contributed by atoms with van der Waals surface area (Å²) in [6.45, 7) is 7.47. The molecular weight excluding hydrogens is 210 g/mol. The molecule has 0 amide bonds. The molecule has 1 fully saturated rings. The zero-order valence-corrected chi connectivity index (χ0v) is 10.1. The Morgan fingerprint density at radius 3 is 2.69 bits per heavy atom. The second-order valence-electron chi connectivity index (χ2n) is 4.29. The van der Waals surface area contributed by atoms with Gasteiger partial charge in [0.25, 0.3) is 0 Å².